The molecule has 0 unspecified atom stereocenters. The van der Waals surface area contributed by atoms with Gasteiger partial charge >= 0.3 is 0 Å². The average Bonchev–Trinajstić information content (AvgIpc) is 2.88. The molecule has 1 N–H and O–H groups in total. The lowest BCUT2D eigenvalue weighted by Gasteiger charge is -2.22. The summed E-state index contributed by atoms with van der Waals surface area (Å²) in [6.45, 7) is 1.40. The molecular formula is C14H14ClN3O2. The molecule has 0 fully saturated rings. The van der Waals surface area contributed by atoms with Crippen LogP contribution in [0.15, 0.2) is 42.6 Å². The highest BCUT2D eigenvalue weighted by molar-refractivity contribution is 6.34. The van der Waals surface area contributed by atoms with E-state index in [2.05, 4.69) is 5.43 Å². The summed E-state index contributed by atoms with van der Waals surface area (Å²) < 4.78 is 1.45. The lowest BCUT2D eigenvalue weighted by Crippen LogP contribution is -2.48. The first kappa shape index (κ1) is 14.3. The third-order valence-corrected chi connectivity index (χ3v) is 3.13. The van der Waals surface area contributed by atoms with Crippen LogP contribution in [0.4, 0.5) is 0 Å². The number of ketones is 1. The van der Waals surface area contributed by atoms with Crippen molar-refractivity contribution < 1.29 is 9.59 Å². The number of hydrazine groups is 1. The molecule has 0 aliphatic carbocycles. The minimum absolute atomic E-state index is 0.239. The molecule has 1 aromatic carbocycles. The number of hydrogen-bond donors (Lipinski definition) is 1. The summed E-state index contributed by atoms with van der Waals surface area (Å²) in [5.41, 5.74) is 3.47. The Kier molecular flexibility index (Phi) is 4.22. The maximum atomic E-state index is 12.5. The van der Waals surface area contributed by atoms with E-state index in [0.717, 1.165) is 0 Å². The number of rotatable bonds is 4. The third-order valence-electron chi connectivity index (χ3n) is 2.80. The standard InChI is InChI=1S/C14H14ClN3O2/c1-10(19)18(16-2)17-9-5-8-13(17)14(20)11-6-3-4-7-12(11)15/h3-9,16H,1-2H3. The number of hydrogen-bond acceptors (Lipinski definition) is 3. The molecule has 0 bridgehead atoms. The Morgan fingerprint density at radius 1 is 1.20 bits per heavy atom. The molecule has 0 aliphatic heterocycles. The molecular weight excluding hydrogens is 278 g/mol. The van der Waals surface area contributed by atoms with Crippen LogP contribution in [0.25, 0.3) is 0 Å². The van der Waals surface area contributed by atoms with Crippen LogP contribution in [0.1, 0.15) is 23.0 Å². The normalized spacial score (nSPS) is 10.3. The van der Waals surface area contributed by atoms with Gasteiger partial charge in [0, 0.05) is 25.7 Å². The van der Waals surface area contributed by atoms with E-state index in [0.29, 0.717) is 16.3 Å². The SMILES string of the molecule is CNN(C(C)=O)n1cccc1C(=O)c1ccccc1Cl. The van der Waals surface area contributed by atoms with Crippen molar-refractivity contribution in [3.63, 3.8) is 0 Å². The number of carbonyl (C=O) groups excluding carboxylic acids is 2. The number of halogens is 1. The molecule has 104 valence electrons. The summed E-state index contributed by atoms with van der Waals surface area (Å²) in [6, 6.07) is 10.1. The highest BCUT2D eigenvalue weighted by Gasteiger charge is 2.20. The first-order valence-corrected chi connectivity index (χ1v) is 6.39. The van der Waals surface area contributed by atoms with E-state index in [1.807, 2.05) is 0 Å². The molecule has 5 nitrogen and oxygen atoms in total. The highest BCUT2D eigenvalue weighted by Crippen LogP contribution is 2.19. The largest absolute Gasteiger partial charge is 0.287 e. The predicted octanol–water partition coefficient (Wildman–Crippen LogP) is 1.99. The zero-order valence-corrected chi connectivity index (χ0v) is 11.9. The minimum atomic E-state index is -0.248. The Labute approximate surface area is 121 Å². The van der Waals surface area contributed by atoms with Crippen LogP contribution in [0.5, 0.6) is 0 Å². The summed E-state index contributed by atoms with van der Waals surface area (Å²) in [5, 5.41) is 1.62. The van der Waals surface area contributed by atoms with E-state index in [9.17, 15) is 9.59 Å². The van der Waals surface area contributed by atoms with Gasteiger partial charge in [0.25, 0.3) is 5.91 Å². The zero-order chi connectivity index (χ0) is 14.7. The molecule has 1 aromatic heterocycles. The molecule has 2 rings (SSSR count). The monoisotopic (exact) mass is 291 g/mol. The second-order valence-corrected chi connectivity index (χ2v) is 4.51. The van der Waals surface area contributed by atoms with Crippen molar-refractivity contribution in [1.29, 1.82) is 0 Å². The van der Waals surface area contributed by atoms with Gasteiger partial charge in [0.05, 0.1) is 5.02 Å². The lowest BCUT2D eigenvalue weighted by molar-refractivity contribution is -0.118. The van der Waals surface area contributed by atoms with Gasteiger partial charge in [-0.3, -0.25) is 9.59 Å². The Morgan fingerprint density at radius 2 is 1.90 bits per heavy atom. The molecule has 0 saturated heterocycles. The number of amides is 1. The minimum Gasteiger partial charge on any atom is -0.287 e. The fourth-order valence-electron chi connectivity index (χ4n) is 1.93. The fraction of sp³-hybridized carbons (Fsp3) is 0.143. The zero-order valence-electron chi connectivity index (χ0n) is 11.1. The Balaban J connectivity index is 2.45. The summed E-state index contributed by atoms with van der Waals surface area (Å²) in [6.07, 6.45) is 1.63. The molecule has 0 spiro atoms. The second-order valence-electron chi connectivity index (χ2n) is 4.10. The van der Waals surface area contributed by atoms with E-state index in [-0.39, 0.29) is 11.7 Å². The average molecular weight is 292 g/mol. The highest BCUT2D eigenvalue weighted by atomic mass is 35.5. The first-order chi connectivity index (χ1) is 9.56. The third kappa shape index (κ3) is 2.59. The van der Waals surface area contributed by atoms with E-state index in [4.69, 9.17) is 11.6 Å². The van der Waals surface area contributed by atoms with E-state index < -0.39 is 0 Å². The van der Waals surface area contributed by atoms with Crippen LogP contribution >= 0.6 is 11.6 Å². The van der Waals surface area contributed by atoms with E-state index >= 15 is 0 Å². The van der Waals surface area contributed by atoms with Crippen LogP contribution < -0.4 is 10.5 Å². The molecule has 1 amide bonds. The van der Waals surface area contributed by atoms with Gasteiger partial charge in [-0.25, -0.2) is 10.1 Å². The van der Waals surface area contributed by atoms with Crippen molar-refractivity contribution in [3.05, 3.63) is 58.9 Å². The van der Waals surface area contributed by atoms with Gasteiger partial charge in [-0.15, -0.1) is 0 Å². The van der Waals surface area contributed by atoms with Crippen molar-refractivity contribution >= 4 is 23.3 Å². The molecule has 0 radical (unpaired) electrons. The summed E-state index contributed by atoms with van der Waals surface area (Å²) >= 11 is 6.04. The van der Waals surface area contributed by atoms with E-state index in [1.165, 1.54) is 16.7 Å². The summed E-state index contributed by atoms with van der Waals surface area (Å²) in [5.74, 6) is -0.487. The number of nitrogens with zero attached hydrogens (tertiary/aromatic N) is 2. The Morgan fingerprint density at radius 3 is 2.50 bits per heavy atom. The van der Waals surface area contributed by atoms with Crippen molar-refractivity contribution in [2.45, 2.75) is 6.92 Å². The van der Waals surface area contributed by atoms with Crippen LogP contribution in [0, 0.1) is 0 Å². The maximum Gasteiger partial charge on any atom is 0.253 e. The molecule has 0 saturated carbocycles. The van der Waals surface area contributed by atoms with Gasteiger partial charge in [-0.2, -0.15) is 5.12 Å². The first-order valence-electron chi connectivity index (χ1n) is 6.01. The van der Waals surface area contributed by atoms with Crippen molar-refractivity contribution in [3.8, 4) is 0 Å². The van der Waals surface area contributed by atoms with Crippen LogP contribution in [-0.2, 0) is 4.79 Å². The quantitative estimate of drug-likeness (QED) is 0.692. The topological polar surface area (TPSA) is 54.3 Å². The smallest absolute Gasteiger partial charge is 0.253 e. The summed E-state index contributed by atoms with van der Waals surface area (Å²) in [7, 11) is 1.60. The molecule has 0 atom stereocenters. The van der Waals surface area contributed by atoms with Gasteiger partial charge in [0.2, 0.25) is 5.78 Å². The predicted molar refractivity (Wildman–Crippen MR) is 77.3 cm³/mol. The van der Waals surface area contributed by atoms with E-state index in [1.54, 1.807) is 49.6 Å². The molecule has 2 aromatic rings. The molecule has 0 aliphatic rings. The van der Waals surface area contributed by atoms with Gasteiger partial charge in [0.1, 0.15) is 5.69 Å². The Hall–Kier alpha value is -2.11. The number of carbonyl (C=O) groups is 2. The van der Waals surface area contributed by atoms with Gasteiger partial charge in [0.15, 0.2) is 0 Å². The van der Waals surface area contributed by atoms with Crippen LogP contribution in [-0.4, -0.2) is 23.4 Å². The fourth-order valence-corrected chi connectivity index (χ4v) is 2.15. The number of nitrogens with one attached hydrogen (secondary N) is 1. The van der Waals surface area contributed by atoms with Crippen LogP contribution in [0.2, 0.25) is 5.02 Å². The lowest BCUT2D eigenvalue weighted by atomic mass is 10.1. The van der Waals surface area contributed by atoms with Crippen LogP contribution in [0.3, 0.4) is 0 Å². The molecule has 1 heterocycles. The number of aromatic nitrogens is 1. The molecule has 20 heavy (non-hydrogen) atoms. The van der Waals surface area contributed by atoms with Gasteiger partial charge in [-0.05, 0) is 24.3 Å². The van der Waals surface area contributed by atoms with Gasteiger partial charge in [-0.1, -0.05) is 23.7 Å². The Bertz CT molecular complexity index is 651. The van der Waals surface area contributed by atoms with Crippen molar-refractivity contribution in [2.24, 2.45) is 0 Å². The molecule has 6 heteroatoms. The van der Waals surface area contributed by atoms with Crippen molar-refractivity contribution in [1.82, 2.24) is 10.1 Å². The second kappa shape index (κ2) is 5.90. The maximum absolute atomic E-state index is 12.5. The van der Waals surface area contributed by atoms with Gasteiger partial charge < -0.3 is 0 Å². The summed E-state index contributed by atoms with van der Waals surface area (Å²) in [4.78, 5) is 24.1. The van der Waals surface area contributed by atoms with Crippen molar-refractivity contribution in [2.75, 3.05) is 12.2 Å². The number of benzene rings is 1.